The van der Waals surface area contributed by atoms with Crippen LogP contribution in [0.4, 0.5) is 17.1 Å². The minimum absolute atomic E-state index is 0.928. The van der Waals surface area contributed by atoms with Gasteiger partial charge in [0.1, 0.15) is 0 Å². The monoisotopic (exact) mass is 946 g/mol. The number of anilines is 3. The van der Waals surface area contributed by atoms with Gasteiger partial charge in [-0.25, -0.2) is 0 Å². The van der Waals surface area contributed by atoms with Crippen molar-refractivity contribution >= 4 is 160 Å². The summed E-state index contributed by atoms with van der Waals surface area (Å²) in [6, 6.07) is 12.1. The Hall–Kier alpha value is 1.78. The normalized spacial score (nSPS) is 11.0. The lowest BCUT2D eigenvalue weighted by atomic mass is 10.2. The SMILES string of the molecule is Brc1cc(Br)c(N(c2c(Br)cc(Br)cc2Br)c2c(Br)cc(Br)cc2Br)c(Br)c1. The molecule has 3 rings (SSSR count). The summed E-state index contributed by atoms with van der Waals surface area (Å²) in [6.45, 7) is 0. The third-order valence-corrected chi connectivity index (χ3v) is 8.62. The summed E-state index contributed by atoms with van der Waals surface area (Å²) in [6.07, 6.45) is 0. The minimum Gasteiger partial charge on any atom is -0.304 e. The molecular formula is C18H6Br9N. The summed E-state index contributed by atoms with van der Waals surface area (Å²) in [5.74, 6) is 0. The fraction of sp³-hybridized carbons (Fsp3) is 0. The van der Waals surface area contributed by atoms with Crippen LogP contribution in [0.15, 0.2) is 76.7 Å². The second-order valence-corrected chi connectivity index (χ2v) is 13.4. The molecule has 0 aliphatic rings. The molecule has 0 aliphatic carbocycles. The van der Waals surface area contributed by atoms with Crippen molar-refractivity contribution in [1.29, 1.82) is 0 Å². The standard InChI is InChI=1S/C18H6Br9N/c19-7-1-10(22)16(11(23)2-7)28(17-12(24)3-8(20)4-13(17)25)18-14(26)5-9(21)6-15(18)27/h1-6H. The second kappa shape index (κ2) is 10.1. The van der Waals surface area contributed by atoms with Gasteiger partial charge in [-0.3, -0.25) is 0 Å². The molecule has 0 aliphatic heterocycles. The molecule has 3 aromatic rings. The highest BCUT2D eigenvalue weighted by Crippen LogP contribution is 2.53. The number of halogens is 9. The van der Waals surface area contributed by atoms with Crippen molar-refractivity contribution in [3.8, 4) is 0 Å². The van der Waals surface area contributed by atoms with E-state index in [0.717, 1.165) is 57.3 Å². The van der Waals surface area contributed by atoms with E-state index in [9.17, 15) is 0 Å². The first-order valence-electron chi connectivity index (χ1n) is 7.34. The zero-order valence-electron chi connectivity index (χ0n) is 13.3. The fourth-order valence-electron chi connectivity index (χ4n) is 2.58. The Bertz CT molecular complexity index is 875. The van der Waals surface area contributed by atoms with Crippen LogP contribution in [0.2, 0.25) is 0 Å². The van der Waals surface area contributed by atoms with Crippen LogP contribution in [0.25, 0.3) is 0 Å². The maximum atomic E-state index is 3.74. The van der Waals surface area contributed by atoms with Gasteiger partial charge in [-0.05, 0) is 132 Å². The van der Waals surface area contributed by atoms with E-state index in [1.54, 1.807) is 0 Å². The number of hydrogen-bond donors (Lipinski definition) is 0. The van der Waals surface area contributed by atoms with Crippen LogP contribution in [0, 0.1) is 0 Å². The van der Waals surface area contributed by atoms with E-state index in [1.807, 2.05) is 36.4 Å². The van der Waals surface area contributed by atoms with E-state index in [-0.39, 0.29) is 0 Å². The van der Waals surface area contributed by atoms with E-state index in [4.69, 9.17) is 0 Å². The zero-order chi connectivity index (χ0) is 20.7. The van der Waals surface area contributed by atoms with Crippen molar-refractivity contribution < 1.29 is 0 Å². The molecule has 3 aromatic carbocycles. The van der Waals surface area contributed by atoms with E-state index >= 15 is 0 Å². The molecule has 1 nitrogen and oxygen atoms in total. The largest absolute Gasteiger partial charge is 0.304 e. The van der Waals surface area contributed by atoms with Gasteiger partial charge < -0.3 is 4.90 Å². The molecule has 0 spiro atoms. The van der Waals surface area contributed by atoms with Gasteiger partial charge >= 0.3 is 0 Å². The minimum atomic E-state index is 0.928. The third-order valence-electron chi connectivity index (χ3n) is 3.62. The molecule has 0 amide bonds. The molecule has 0 N–H and O–H groups in total. The van der Waals surface area contributed by atoms with Crippen molar-refractivity contribution in [2.24, 2.45) is 0 Å². The van der Waals surface area contributed by atoms with Crippen LogP contribution in [0.1, 0.15) is 0 Å². The summed E-state index contributed by atoms with van der Waals surface area (Å²) in [5.41, 5.74) is 2.86. The molecule has 0 fully saturated rings. The van der Waals surface area contributed by atoms with Gasteiger partial charge in [0.2, 0.25) is 0 Å². The van der Waals surface area contributed by atoms with Gasteiger partial charge in [-0.1, -0.05) is 47.8 Å². The lowest BCUT2D eigenvalue weighted by Gasteiger charge is -2.31. The number of hydrogen-bond acceptors (Lipinski definition) is 1. The van der Waals surface area contributed by atoms with Crippen LogP contribution in [0.5, 0.6) is 0 Å². The molecule has 0 heterocycles. The molecule has 0 aromatic heterocycles. The van der Waals surface area contributed by atoms with Gasteiger partial charge in [0, 0.05) is 40.3 Å². The van der Waals surface area contributed by atoms with E-state index in [2.05, 4.69) is 148 Å². The molecule has 0 saturated heterocycles. The molecule has 10 heteroatoms. The second-order valence-electron chi connectivity index (χ2n) is 5.49. The number of benzene rings is 3. The Morgan fingerprint density at radius 1 is 0.357 bits per heavy atom. The van der Waals surface area contributed by atoms with Gasteiger partial charge in [0.15, 0.2) is 0 Å². The lowest BCUT2D eigenvalue weighted by molar-refractivity contribution is 1.22. The van der Waals surface area contributed by atoms with Crippen LogP contribution in [0.3, 0.4) is 0 Å². The predicted molar refractivity (Wildman–Crippen MR) is 150 cm³/mol. The fourth-order valence-corrected chi connectivity index (χ4v) is 10.4. The third kappa shape index (κ3) is 5.22. The Morgan fingerprint density at radius 3 is 0.714 bits per heavy atom. The average Bonchev–Trinajstić information content (AvgIpc) is 2.51. The molecule has 0 saturated carbocycles. The smallest absolute Gasteiger partial charge is 0.0748 e. The first-order valence-corrected chi connectivity index (χ1v) is 14.5. The highest BCUT2D eigenvalue weighted by atomic mass is 79.9. The Balaban J connectivity index is 2.45. The Kier molecular flexibility index (Phi) is 8.85. The van der Waals surface area contributed by atoms with Crippen LogP contribution < -0.4 is 4.90 Å². The van der Waals surface area contributed by atoms with E-state index in [1.165, 1.54) is 0 Å². The van der Waals surface area contributed by atoms with Crippen molar-refractivity contribution in [2.75, 3.05) is 4.90 Å². The Morgan fingerprint density at radius 2 is 0.536 bits per heavy atom. The number of rotatable bonds is 3. The predicted octanol–water partition coefficient (Wildman–Crippen LogP) is 12.0. The van der Waals surface area contributed by atoms with E-state index in [0.29, 0.717) is 0 Å². The van der Waals surface area contributed by atoms with Crippen LogP contribution in [-0.2, 0) is 0 Å². The van der Waals surface area contributed by atoms with Gasteiger partial charge in [-0.2, -0.15) is 0 Å². The summed E-state index contributed by atoms with van der Waals surface area (Å²) in [7, 11) is 0. The molecule has 28 heavy (non-hydrogen) atoms. The molecule has 0 unspecified atom stereocenters. The van der Waals surface area contributed by atoms with Crippen molar-refractivity contribution in [1.82, 2.24) is 0 Å². The average molecular weight is 955 g/mol. The summed E-state index contributed by atoms with van der Waals surface area (Å²) in [5, 5.41) is 0. The number of nitrogens with zero attached hydrogens (tertiary/aromatic N) is 1. The van der Waals surface area contributed by atoms with E-state index < -0.39 is 0 Å². The molecule has 146 valence electrons. The maximum Gasteiger partial charge on any atom is 0.0748 e. The summed E-state index contributed by atoms with van der Waals surface area (Å²) < 4.78 is 8.48. The van der Waals surface area contributed by atoms with Gasteiger partial charge in [0.25, 0.3) is 0 Å². The molecule has 0 bridgehead atoms. The summed E-state index contributed by atoms with van der Waals surface area (Å²) >= 11 is 33.1. The topological polar surface area (TPSA) is 3.24 Å². The summed E-state index contributed by atoms with van der Waals surface area (Å²) in [4.78, 5) is 2.17. The Labute approximate surface area is 238 Å². The first kappa shape index (κ1) is 24.4. The zero-order valence-corrected chi connectivity index (χ0v) is 27.6. The van der Waals surface area contributed by atoms with Crippen LogP contribution >= 0.6 is 143 Å². The maximum absolute atomic E-state index is 3.74. The van der Waals surface area contributed by atoms with Crippen molar-refractivity contribution in [2.45, 2.75) is 0 Å². The molecular weight excluding hydrogens is 949 g/mol. The molecule has 0 atom stereocenters. The quantitative estimate of drug-likeness (QED) is 0.253. The van der Waals surface area contributed by atoms with Crippen molar-refractivity contribution in [3.63, 3.8) is 0 Å². The molecule has 0 radical (unpaired) electrons. The van der Waals surface area contributed by atoms with Crippen LogP contribution in [-0.4, -0.2) is 0 Å². The highest BCUT2D eigenvalue weighted by Gasteiger charge is 2.27. The van der Waals surface area contributed by atoms with Crippen molar-refractivity contribution in [3.05, 3.63) is 76.7 Å². The van der Waals surface area contributed by atoms with Gasteiger partial charge in [0.05, 0.1) is 17.1 Å². The van der Waals surface area contributed by atoms with Gasteiger partial charge in [-0.15, -0.1) is 0 Å². The lowest BCUT2D eigenvalue weighted by Crippen LogP contribution is -2.14. The highest BCUT2D eigenvalue weighted by molar-refractivity contribution is 9.12. The first-order chi connectivity index (χ1) is 13.1.